The van der Waals surface area contributed by atoms with Crippen molar-refractivity contribution in [1.29, 1.82) is 0 Å². The van der Waals surface area contributed by atoms with Gasteiger partial charge in [-0.15, -0.1) is 10.2 Å². The molecular weight excluding hydrogens is 180 g/mol. The molecule has 0 aliphatic heterocycles. The molecule has 0 bridgehead atoms. The van der Waals surface area contributed by atoms with Crippen LogP contribution in [0.25, 0.3) is 0 Å². The summed E-state index contributed by atoms with van der Waals surface area (Å²) in [6.07, 6.45) is 1.99. The average molecular weight is 198 g/mol. The molecule has 1 atom stereocenters. The fraction of sp³-hybridized carbons (Fsp3) is 0.889. The Kier molecular flexibility index (Phi) is 4.00. The molecule has 0 aromatic carbocycles. The van der Waals surface area contributed by atoms with E-state index in [0.29, 0.717) is 24.6 Å². The lowest BCUT2D eigenvalue weighted by molar-refractivity contribution is 0.139. The van der Waals surface area contributed by atoms with Gasteiger partial charge in [0.05, 0.1) is 13.2 Å². The molecule has 5 heteroatoms. The van der Waals surface area contributed by atoms with Gasteiger partial charge in [0, 0.05) is 6.42 Å². The highest BCUT2D eigenvalue weighted by Gasteiger charge is 2.09. The number of tetrazole rings is 1. The van der Waals surface area contributed by atoms with E-state index in [9.17, 15) is 5.11 Å². The van der Waals surface area contributed by atoms with Gasteiger partial charge in [0.2, 0.25) is 0 Å². The summed E-state index contributed by atoms with van der Waals surface area (Å²) in [6, 6.07) is 0. The number of rotatable bonds is 5. The molecule has 0 aliphatic carbocycles. The Balaban J connectivity index is 2.26. The lowest BCUT2D eigenvalue weighted by atomic mass is 10.0. The second-order valence-electron chi connectivity index (χ2n) is 4.02. The summed E-state index contributed by atoms with van der Waals surface area (Å²) in [7, 11) is 1.74. The molecule has 1 aromatic rings. The van der Waals surface area contributed by atoms with E-state index < -0.39 is 0 Å². The van der Waals surface area contributed by atoms with E-state index in [4.69, 9.17) is 0 Å². The molecule has 0 saturated heterocycles. The van der Waals surface area contributed by atoms with Crippen LogP contribution in [-0.2, 0) is 13.5 Å². The fourth-order valence-electron chi connectivity index (χ4n) is 1.38. The molecule has 1 heterocycles. The lowest BCUT2D eigenvalue weighted by Gasteiger charge is -2.11. The standard InChI is InChI=1S/C9H18N4O/c1-7(2)6-8(14)4-5-9-10-12-13(3)11-9/h7-8,14H,4-6H2,1-3H3. The quantitative estimate of drug-likeness (QED) is 0.750. The zero-order chi connectivity index (χ0) is 10.6. The van der Waals surface area contributed by atoms with Crippen LogP contribution in [0.15, 0.2) is 0 Å². The third-order valence-electron chi connectivity index (χ3n) is 1.99. The molecule has 80 valence electrons. The summed E-state index contributed by atoms with van der Waals surface area (Å²) in [4.78, 5) is 1.43. The van der Waals surface area contributed by atoms with Crippen molar-refractivity contribution in [3.8, 4) is 0 Å². The first-order valence-corrected chi connectivity index (χ1v) is 4.99. The van der Waals surface area contributed by atoms with Crippen LogP contribution in [0.4, 0.5) is 0 Å². The first kappa shape index (κ1) is 11.1. The maximum Gasteiger partial charge on any atom is 0.174 e. The minimum absolute atomic E-state index is 0.251. The molecule has 14 heavy (non-hydrogen) atoms. The minimum atomic E-state index is -0.251. The van der Waals surface area contributed by atoms with Crippen LogP contribution in [0, 0.1) is 5.92 Å². The van der Waals surface area contributed by atoms with E-state index in [1.165, 1.54) is 4.80 Å². The SMILES string of the molecule is CC(C)CC(O)CCc1nnn(C)n1. The molecule has 0 saturated carbocycles. The Morgan fingerprint density at radius 3 is 2.64 bits per heavy atom. The normalized spacial score (nSPS) is 13.5. The van der Waals surface area contributed by atoms with Crippen molar-refractivity contribution in [3.63, 3.8) is 0 Å². The first-order chi connectivity index (χ1) is 6.58. The van der Waals surface area contributed by atoms with Crippen LogP contribution >= 0.6 is 0 Å². The predicted octanol–water partition coefficient (Wildman–Crippen LogP) is 0.550. The molecule has 1 rings (SSSR count). The van der Waals surface area contributed by atoms with E-state index in [1.807, 2.05) is 0 Å². The van der Waals surface area contributed by atoms with Crippen molar-refractivity contribution >= 4 is 0 Å². The largest absolute Gasteiger partial charge is 0.393 e. The third kappa shape index (κ3) is 3.83. The van der Waals surface area contributed by atoms with Gasteiger partial charge >= 0.3 is 0 Å². The molecule has 1 N–H and O–H groups in total. The second kappa shape index (κ2) is 5.05. The summed E-state index contributed by atoms with van der Waals surface area (Å²) in [5.74, 6) is 1.23. The first-order valence-electron chi connectivity index (χ1n) is 4.99. The second-order valence-corrected chi connectivity index (χ2v) is 4.02. The van der Waals surface area contributed by atoms with Gasteiger partial charge in [-0.1, -0.05) is 13.8 Å². The van der Waals surface area contributed by atoms with Gasteiger partial charge in [-0.3, -0.25) is 0 Å². The van der Waals surface area contributed by atoms with Crippen LogP contribution in [0.1, 0.15) is 32.5 Å². The van der Waals surface area contributed by atoms with Gasteiger partial charge in [0.25, 0.3) is 0 Å². The molecule has 5 nitrogen and oxygen atoms in total. The number of aromatic nitrogens is 4. The van der Waals surface area contributed by atoms with E-state index in [2.05, 4.69) is 29.3 Å². The number of hydrogen-bond acceptors (Lipinski definition) is 4. The Hall–Kier alpha value is -0.970. The Bertz CT molecular complexity index is 272. The van der Waals surface area contributed by atoms with Crippen LogP contribution in [0.3, 0.4) is 0 Å². The molecule has 0 amide bonds. The number of nitrogens with zero attached hydrogens (tertiary/aromatic N) is 4. The summed E-state index contributed by atoms with van der Waals surface area (Å²) in [5, 5.41) is 21.2. The third-order valence-corrected chi connectivity index (χ3v) is 1.99. The molecule has 0 radical (unpaired) electrons. The van der Waals surface area contributed by atoms with E-state index in [1.54, 1.807) is 7.05 Å². The predicted molar refractivity (Wildman–Crippen MR) is 52.6 cm³/mol. The van der Waals surface area contributed by atoms with Crippen LogP contribution in [-0.4, -0.2) is 31.4 Å². The van der Waals surface area contributed by atoms with Gasteiger partial charge in [0.1, 0.15) is 0 Å². The van der Waals surface area contributed by atoms with Crippen molar-refractivity contribution < 1.29 is 5.11 Å². The number of aliphatic hydroxyl groups excluding tert-OH is 1. The molecule has 0 spiro atoms. The van der Waals surface area contributed by atoms with Crippen molar-refractivity contribution in [2.24, 2.45) is 13.0 Å². The average Bonchev–Trinajstić information content (AvgIpc) is 2.47. The summed E-state index contributed by atoms with van der Waals surface area (Å²) >= 11 is 0. The van der Waals surface area contributed by atoms with Crippen molar-refractivity contribution in [3.05, 3.63) is 5.82 Å². The monoisotopic (exact) mass is 198 g/mol. The molecule has 0 fully saturated rings. The molecule has 1 unspecified atom stereocenters. The minimum Gasteiger partial charge on any atom is -0.393 e. The van der Waals surface area contributed by atoms with Gasteiger partial charge in [-0.05, 0) is 24.0 Å². The summed E-state index contributed by atoms with van der Waals surface area (Å²) in [6.45, 7) is 4.20. The van der Waals surface area contributed by atoms with Crippen molar-refractivity contribution in [1.82, 2.24) is 20.2 Å². The van der Waals surface area contributed by atoms with E-state index in [-0.39, 0.29) is 6.10 Å². The van der Waals surface area contributed by atoms with Crippen LogP contribution in [0.5, 0.6) is 0 Å². The molecule has 0 aliphatic rings. The zero-order valence-corrected chi connectivity index (χ0v) is 9.01. The van der Waals surface area contributed by atoms with Gasteiger partial charge in [-0.2, -0.15) is 4.80 Å². The Morgan fingerprint density at radius 1 is 1.43 bits per heavy atom. The fourth-order valence-corrected chi connectivity index (χ4v) is 1.38. The highest BCUT2D eigenvalue weighted by atomic mass is 16.3. The Labute approximate surface area is 84.1 Å². The lowest BCUT2D eigenvalue weighted by Crippen LogP contribution is -2.11. The van der Waals surface area contributed by atoms with E-state index >= 15 is 0 Å². The topological polar surface area (TPSA) is 63.8 Å². The van der Waals surface area contributed by atoms with Gasteiger partial charge < -0.3 is 5.11 Å². The summed E-state index contributed by atoms with van der Waals surface area (Å²) in [5.41, 5.74) is 0. The van der Waals surface area contributed by atoms with E-state index in [0.717, 1.165) is 6.42 Å². The number of aryl methyl sites for hydroxylation is 2. The number of aliphatic hydroxyl groups is 1. The van der Waals surface area contributed by atoms with Gasteiger partial charge in [0.15, 0.2) is 5.82 Å². The van der Waals surface area contributed by atoms with Crippen molar-refractivity contribution in [2.75, 3.05) is 0 Å². The Morgan fingerprint density at radius 2 is 2.14 bits per heavy atom. The van der Waals surface area contributed by atoms with Crippen LogP contribution in [0.2, 0.25) is 0 Å². The van der Waals surface area contributed by atoms with Crippen LogP contribution < -0.4 is 0 Å². The summed E-state index contributed by atoms with van der Waals surface area (Å²) < 4.78 is 0. The molecule has 1 aromatic heterocycles. The van der Waals surface area contributed by atoms with Crippen molar-refractivity contribution in [2.45, 2.75) is 39.2 Å². The maximum atomic E-state index is 9.60. The molecular formula is C9H18N4O. The smallest absolute Gasteiger partial charge is 0.174 e. The zero-order valence-electron chi connectivity index (χ0n) is 9.01. The highest BCUT2D eigenvalue weighted by molar-refractivity contribution is 4.78. The van der Waals surface area contributed by atoms with Gasteiger partial charge in [-0.25, -0.2) is 0 Å². The number of hydrogen-bond donors (Lipinski definition) is 1. The highest BCUT2D eigenvalue weighted by Crippen LogP contribution is 2.09. The maximum absolute atomic E-state index is 9.60.